The number of carboxylic acids is 1. The van der Waals surface area contributed by atoms with Gasteiger partial charge in [-0.15, -0.1) is 0 Å². The standard InChI is InChI=1S/C13H19NO5/c1-3-18-6-4-5-12(15)14-8-10-7-11(13(16)17)9(2)19-10/h7H,3-6,8H2,1-2H3,(H,14,15)(H,16,17). The summed E-state index contributed by atoms with van der Waals surface area (Å²) in [7, 11) is 0. The summed E-state index contributed by atoms with van der Waals surface area (Å²) in [6.07, 6.45) is 1.04. The first-order chi connectivity index (χ1) is 9.04. The molecular weight excluding hydrogens is 250 g/mol. The number of amides is 1. The second-order valence-corrected chi connectivity index (χ2v) is 4.06. The van der Waals surface area contributed by atoms with Crippen molar-refractivity contribution in [3.8, 4) is 0 Å². The highest BCUT2D eigenvalue weighted by Gasteiger charge is 2.13. The van der Waals surface area contributed by atoms with E-state index in [1.54, 1.807) is 6.92 Å². The third kappa shape index (κ3) is 5.13. The fraction of sp³-hybridized carbons (Fsp3) is 0.538. The van der Waals surface area contributed by atoms with Gasteiger partial charge in [-0.1, -0.05) is 0 Å². The number of ether oxygens (including phenoxy) is 1. The molecule has 0 bridgehead atoms. The van der Waals surface area contributed by atoms with Crippen molar-refractivity contribution >= 4 is 11.9 Å². The van der Waals surface area contributed by atoms with E-state index in [-0.39, 0.29) is 18.0 Å². The maximum absolute atomic E-state index is 11.5. The Labute approximate surface area is 111 Å². The average molecular weight is 269 g/mol. The van der Waals surface area contributed by atoms with E-state index in [1.165, 1.54) is 6.07 Å². The minimum Gasteiger partial charge on any atom is -0.478 e. The molecule has 0 saturated carbocycles. The first kappa shape index (κ1) is 15.2. The number of furan rings is 1. The third-order valence-electron chi connectivity index (χ3n) is 2.56. The molecule has 0 saturated heterocycles. The zero-order chi connectivity index (χ0) is 14.3. The summed E-state index contributed by atoms with van der Waals surface area (Å²) in [5, 5.41) is 11.5. The summed E-state index contributed by atoms with van der Waals surface area (Å²) in [5.41, 5.74) is 0.126. The number of hydrogen-bond donors (Lipinski definition) is 2. The summed E-state index contributed by atoms with van der Waals surface area (Å²) in [5.74, 6) is -0.359. The van der Waals surface area contributed by atoms with Crippen molar-refractivity contribution in [1.82, 2.24) is 5.32 Å². The highest BCUT2D eigenvalue weighted by Crippen LogP contribution is 2.14. The molecule has 0 aliphatic heterocycles. The predicted octanol–water partition coefficient (Wildman–Crippen LogP) is 1.72. The SMILES string of the molecule is CCOCCCC(=O)NCc1cc(C(=O)O)c(C)o1. The van der Waals surface area contributed by atoms with Crippen LogP contribution in [-0.4, -0.2) is 30.2 Å². The lowest BCUT2D eigenvalue weighted by Gasteiger charge is -2.03. The Bertz CT molecular complexity index is 438. The Morgan fingerprint density at radius 3 is 2.79 bits per heavy atom. The minimum absolute atomic E-state index is 0.106. The fourth-order valence-corrected chi connectivity index (χ4v) is 1.60. The normalized spacial score (nSPS) is 10.4. The van der Waals surface area contributed by atoms with Crippen molar-refractivity contribution in [2.24, 2.45) is 0 Å². The van der Waals surface area contributed by atoms with E-state index in [4.69, 9.17) is 14.3 Å². The van der Waals surface area contributed by atoms with E-state index in [9.17, 15) is 9.59 Å². The van der Waals surface area contributed by atoms with Crippen LogP contribution < -0.4 is 5.32 Å². The Kier molecular flexibility index (Phi) is 6.08. The number of aromatic carboxylic acids is 1. The molecule has 0 aliphatic carbocycles. The lowest BCUT2D eigenvalue weighted by atomic mass is 10.2. The van der Waals surface area contributed by atoms with Crippen LogP contribution in [-0.2, 0) is 16.1 Å². The maximum atomic E-state index is 11.5. The van der Waals surface area contributed by atoms with Gasteiger partial charge in [0.05, 0.1) is 6.54 Å². The number of carbonyl (C=O) groups is 2. The number of carbonyl (C=O) groups excluding carboxylic acids is 1. The number of hydrogen-bond acceptors (Lipinski definition) is 4. The molecule has 0 aromatic carbocycles. The smallest absolute Gasteiger partial charge is 0.339 e. The number of nitrogens with one attached hydrogen (secondary N) is 1. The summed E-state index contributed by atoms with van der Waals surface area (Å²) >= 11 is 0. The van der Waals surface area contributed by atoms with Gasteiger partial charge in [-0.05, 0) is 26.3 Å². The van der Waals surface area contributed by atoms with E-state index in [0.717, 1.165) is 0 Å². The molecule has 19 heavy (non-hydrogen) atoms. The zero-order valence-corrected chi connectivity index (χ0v) is 11.2. The Hall–Kier alpha value is -1.82. The van der Waals surface area contributed by atoms with Crippen LogP contribution in [0.4, 0.5) is 0 Å². The lowest BCUT2D eigenvalue weighted by Crippen LogP contribution is -2.22. The van der Waals surface area contributed by atoms with Gasteiger partial charge in [0.2, 0.25) is 5.91 Å². The van der Waals surface area contributed by atoms with Crippen molar-refractivity contribution < 1.29 is 23.8 Å². The first-order valence-corrected chi connectivity index (χ1v) is 6.21. The molecule has 0 unspecified atom stereocenters. The Balaban J connectivity index is 2.34. The van der Waals surface area contributed by atoms with Crippen LogP contribution in [0.25, 0.3) is 0 Å². The number of carboxylic acid groups (broad SMARTS) is 1. The molecule has 1 heterocycles. The first-order valence-electron chi connectivity index (χ1n) is 6.21. The van der Waals surface area contributed by atoms with Crippen LogP contribution in [0.2, 0.25) is 0 Å². The second kappa shape index (κ2) is 7.58. The van der Waals surface area contributed by atoms with Crippen LogP contribution in [0.15, 0.2) is 10.5 Å². The quantitative estimate of drug-likeness (QED) is 0.701. The van der Waals surface area contributed by atoms with Gasteiger partial charge in [-0.25, -0.2) is 4.79 Å². The van der Waals surface area contributed by atoms with E-state index in [0.29, 0.717) is 37.6 Å². The lowest BCUT2D eigenvalue weighted by molar-refractivity contribution is -0.121. The van der Waals surface area contributed by atoms with Gasteiger partial charge in [0.15, 0.2) is 0 Å². The Morgan fingerprint density at radius 1 is 1.47 bits per heavy atom. The second-order valence-electron chi connectivity index (χ2n) is 4.06. The zero-order valence-electron chi connectivity index (χ0n) is 11.2. The highest BCUT2D eigenvalue weighted by atomic mass is 16.5. The van der Waals surface area contributed by atoms with Gasteiger partial charge in [0.1, 0.15) is 17.1 Å². The predicted molar refractivity (Wildman–Crippen MR) is 68.0 cm³/mol. The highest BCUT2D eigenvalue weighted by molar-refractivity contribution is 5.88. The summed E-state index contributed by atoms with van der Waals surface area (Å²) in [6.45, 7) is 4.88. The van der Waals surface area contributed by atoms with Gasteiger partial charge in [0.25, 0.3) is 0 Å². The Morgan fingerprint density at radius 2 is 2.21 bits per heavy atom. The summed E-state index contributed by atoms with van der Waals surface area (Å²) in [6, 6.07) is 1.43. The molecule has 1 aromatic heterocycles. The molecular formula is C13H19NO5. The van der Waals surface area contributed by atoms with Crippen molar-refractivity contribution in [2.75, 3.05) is 13.2 Å². The van der Waals surface area contributed by atoms with E-state index < -0.39 is 5.97 Å². The van der Waals surface area contributed by atoms with E-state index in [1.807, 2.05) is 6.92 Å². The summed E-state index contributed by atoms with van der Waals surface area (Å²) in [4.78, 5) is 22.3. The van der Waals surface area contributed by atoms with Crippen molar-refractivity contribution in [1.29, 1.82) is 0 Å². The van der Waals surface area contributed by atoms with Gasteiger partial charge in [-0.2, -0.15) is 0 Å². The molecule has 0 spiro atoms. The van der Waals surface area contributed by atoms with Crippen LogP contribution in [0.1, 0.15) is 41.6 Å². The van der Waals surface area contributed by atoms with Crippen LogP contribution in [0.3, 0.4) is 0 Å². The van der Waals surface area contributed by atoms with Gasteiger partial charge in [0, 0.05) is 19.6 Å². The number of aryl methyl sites for hydroxylation is 1. The third-order valence-corrected chi connectivity index (χ3v) is 2.56. The average Bonchev–Trinajstić information content (AvgIpc) is 2.74. The van der Waals surface area contributed by atoms with Crippen LogP contribution >= 0.6 is 0 Å². The van der Waals surface area contributed by atoms with E-state index >= 15 is 0 Å². The van der Waals surface area contributed by atoms with Crippen LogP contribution in [0.5, 0.6) is 0 Å². The largest absolute Gasteiger partial charge is 0.478 e. The fourth-order valence-electron chi connectivity index (χ4n) is 1.60. The summed E-state index contributed by atoms with van der Waals surface area (Å²) < 4.78 is 10.4. The van der Waals surface area contributed by atoms with E-state index in [2.05, 4.69) is 5.32 Å². The number of rotatable bonds is 8. The molecule has 0 radical (unpaired) electrons. The molecule has 1 aromatic rings. The topological polar surface area (TPSA) is 88.8 Å². The van der Waals surface area contributed by atoms with Gasteiger partial charge in [-0.3, -0.25) is 4.79 Å². The monoisotopic (exact) mass is 269 g/mol. The molecule has 1 amide bonds. The molecule has 0 aliphatic rings. The molecule has 2 N–H and O–H groups in total. The van der Waals surface area contributed by atoms with Gasteiger partial charge >= 0.3 is 5.97 Å². The molecule has 6 nitrogen and oxygen atoms in total. The van der Waals surface area contributed by atoms with Crippen molar-refractivity contribution in [3.63, 3.8) is 0 Å². The van der Waals surface area contributed by atoms with Gasteiger partial charge < -0.3 is 19.6 Å². The molecule has 106 valence electrons. The molecule has 6 heteroatoms. The minimum atomic E-state index is -1.03. The van der Waals surface area contributed by atoms with Crippen LogP contribution in [0, 0.1) is 6.92 Å². The van der Waals surface area contributed by atoms with Crippen molar-refractivity contribution in [3.05, 3.63) is 23.2 Å². The molecule has 1 rings (SSSR count). The maximum Gasteiger partial charge on any atom is 0.339 e. The van der Waals surface area contributed by atoms with Crippen molar-refractivity contribution in [2.45, 2.75) is 33.2 Å². The molecule has 0 atom stereocenters. The molecule has 0 fully saturated rings.